The zero-order chi connectivity index (χ0) is 16.0. The van der Waals surface area contributed by atoms with Crippen LogP contribution in [0.15, 0.2) is 29.2 Å². The second kappa shape index (κ2) is 7.53. The van der Waals surface area contributed by atoms with Crippen molar-refractivity contribution in [2.75, 3.05) is 20.2 Å². The van der Waals surface area contributed by atoms with E-state index in [9.17, 15) is 13.2 Å². The molecule has 0 aliphatic rings. The molecule has 21 heavy (non-hydrogen) atoms. The highest BCUT2D eigenvalue weighted by Crippen LogP contribution is 2.19. The third-order valence-corrected chi connectivity index (χ3v) is 4.91. The number of nitrogens with zero attached hydrogens (tertiary/aromatic N) is 1. The largest absolute Gasteiger partial charge is 0.468 e. The summed E-state index contributed by atoms with van der Waals surface area (Å²) >= 11 is 0. The summed E-state index contributed by atoms with van der Waals surface area (Å²) < 4.78 is 30.8. The summed E-state index contributed by atoms with van der Waals surface area (Å²) in [6.07, 6.45) is 0.605. The fraction of sp³-hybridized carbons (Fsp3) is 0.500. The summed E-state index contributed by atoms with van der Waals surface area (Å²) in [5.74, 6) is -0.584. The predicted octanol–water partition coefficient (Wildman–Crippen LogP) is 1.28. The first kappa shape index (κ1) is 17.6. The molecule has 1 aromatic rings. The lowest BCUT2D eigenvalue weighted by Gasteiger charge is -2.20. The molecule has 0 saturated heterocycles. The molecule has 1 aromatic carbocycles. The minimum absolute atomic E-state index is 0.143. The smallest absolute Gasteiger partial charge is 0.321 e. The molecule has 1 unspecified atom stereocenters. The van der Waals surface area contributed by atoms with Gasteiger partial charge in [0, 0.05) is 12.6 Å². The van der Waals surface area contributed by atoms with Crippen LogP contribution in [0.5, 0.6) is 0 Å². The summed E-state index contributed by atoms with van der Waals surface area (Å²) in [5, 5.41) is 0. The van der Waals surface area contributed by atoms with Crippen LogP contribution in [-0.4, -0.2) is 38.9 Å². The minimum Gasteiger partial charge on any atom is -0.468 e. The van der Waals surface area contributed by atoms with E-state index >= 15 is 0 Å². The monoisotopic (exact) mass is 314 g/mol. The first-order valence-electron chi connectivity index (χ1n) is 6.75. The summed E-state index contributed by atoms with van der Waals surface area (Å²) in [4.78, 5) is 11.5. The van der Waals surface area contributed by atoms with Crippen molar-refractivity contribution in [3.63, 3.8) is 0 Å². The highest BCUT2D eigenvalue weighted by Gasteiger charge is 2.26. The van der Waals surface area contributed by atoms with Gasteiger partial charge in [-0.25, -0.2) is 8.42 Å². The highest BCUT2D eigenvalue weighted by atomic mass is 32.2. The van der Waals surface area contributed by atoms with Crippen LogP contribution in [0.1, 0.15) is 31.9 Å². The summed E-state index contributed by atoms with van der Waals surface area (Å²) in [6.45, 7) is 3.64. The molecule has 0 spiro atoms. The van der Waals surface area contributed by atoms with Crippen molar-refractivity contribution in [3.8, 4) is 0 Å². The van der Waals surface area contributed by atoms with E-state index in [2.05, 4.69) is 4.74 Å². The van der Waals surface area contributed by atoms with Gasteiger partial charge in [-0.05, 0) is 31.0 Å². The quantitative estimate of drug-likeness (QED) is 0.766. The molecule has 7 heteroatoms. The van der Waals surface area contributed by atoms with Gasteiger partial charge in [-0.15, -0.1) is 0 Å². The number of sulfonamides is 1. The van der Waals surface area contributed by atoms with E-state index in [-0.39, 0.29) is 24.0 Å². The van der Waals surface area contributed by atoms with Crippen molar-refractivity contribution < 1.29 is 17.9 Å². The number of hydrogen-bond acceptors (Lipinski definition) is 5. The Balaban J connectivity index is 3.07. The Kier molecular flexibility index (Phi) is 6.32. The van der Waals surface area contributed by atoms with Crippen molar-refractivity contribution >= 4 is 16.0 Å². The van der Waals surface area contributed by atoms with E-state index in [4.69, 9.17) is 5.73 Å². The van der Waals surface area contributed by atoms with Crippen LogP contribution in [0.2, 0.25) is 0 Å². The summed E-state index contributed by atoms with van der Waals surface area (Å²) in [6, 6.07) is 6.21. The lowest BCUT2D eigenvalue weighted by molar-refractivity contribution is -0.140. The number of nitrogens with two attached hydrogens (primary N) is 1. The van der Waals surface area contributed by atoms with E-state index in [1.165, 1.54) is 19.2 Å². The van der Waals surface area contributed by atoms with Crippen LogP contribution in [0.4, 0.5) is 0 Å². The molecule has 0 aromatic heterocycles. The molecule has 0 bridgehead atoms. The predicted molar refractivity (Wildman–Crippen MR) is 80.1 cm³/mol. The van der Waals surface area contributed by atoms with Gasteiger partial charge in [-0.2, -0.15) is 4.31 Å². The molecule has 0 radical (unpaired) electrons. The van der Waals surface area contributed by atoms with Gasteiger partial charge in [-0.1, -0.05) is 19.1 Å². The van der Waals surface area contributed by atoms with Gasteiger partial charge in [0.2, 0.25) is 10.0 Å². The first-order chi connectivity index (χ1) is 9.82. The highest BCUT2D eigenvalue weighted by molar-refractivity contribution is 7.89. The molecule has 0 fully saturated rings. The topological polar surface area (TPSA) is 89.7 Å². The van der Waals surface area contributed by atoms with Crippen molar-refractivity contribution in [2.24, 2.45) is 5.73 Å². The number of rotatable bonds is 7. The van der Waals surface area contributed by atoms with Crippen molar-refractivity contribution in [1.29, 1.82) is 0 Å². The molecule has 2 N–H and O–H groups in total. The lowest BCUT2D eigenvalue weighted by atomic mass is 10.1. The van der Waals surface area contributed by atoms with E-state index in [0.29, 0.717) is 6.42 Å². The van der Waals surface area contributed by atoms with Gasteiger partial charge in [0.15, 0.2) is 0 Å². The van der Waals surface area contributed by atoms with E-state index in [1.807, 2.05) is 13.8 Å². The van der Waals surface area contributed by atoms with Crippen LogP contribution >= 0.6 is 0 Å². The fourth-order valence-electron chi connectivity index (χ4n) is 1.83. The first-order valence-corrected chi connectivity index (χ1v) is 8.19. The van der Waals surface area contributed by atoms with Crippen molar-refractivity contribution in [3.05, 3.63) is 29.8 Å². The molecule has 118 valence electrons. The Labute approximate surface area is 125 Å². The zero-order valence-corrected chi connectivity index (χ0v) is 13.4. The normalized spacial score (nSPS) is 13.2. The number of esters is 1. The van der Waals surface area contributed by atoms with Crippen molar-refractivity contribution in [1.82, 2.24) is 4.31 Å². The van der Waals surface area contributed by atoms with Gasteiger partial charge in [0.05, 0.1) is 12.0 Å². The zero-order valence-electron chi connectivity index (χ0n) is 12.6. The fourth-order valence-corrected chi connectivity index (χ4v) is 3.31. The Morgan fingerprint density at radius 2 is 1.90 bits per heavy atom. The molecular formula is C14H22N2O4S. The molecule has 0 saturated carbocycles. The Morgan fingerprint density at radius 3 is 2.33 bits per heavy atom. The molecule has 0 heterocycles. The Hall–Kier alpha value is -1.44. The van der Waals surface area contributed by atoms with Crippen molar-refractivity contribution in [2.45, 2.75) is 31.2 Å². The molecule has 6 nitrogen and oxygen atoms in total. The molecule has 0 aliphatic carbocycles. The number of benzene rings is 1. The molecule has 1 atom stereocenters. The standard InChI is InChI=1S/C14H22N2O4S/c1-4-9-16(10-14(17)20-3)21(18,19)13-7-5-12(6-8-13)11(2)15/h5-8,11H,4,9-10,15H2,1-3H3. The molecule has 0 aliphatic heterocycles. The van der Waals surface area contributed by atoms with E-state index in [0.717, 1.165) is 9.87 Å². The molecule has 0 amide bonds. The van der Waals surface area contributed by atoms with E-state index < -0.39 is 16.0 Å². The molecular weight excluding hydrogens is 292 g/mol. The second-order valence-corrected chi connectivity index (χ2v) is 6.71. The maximum atomic E-state index is 12.5. The van der Waals surface area contributed by atoms with E-state index in [1.54, 1.807) is 12.1 Å². The lowest BCUT2D eigenvalue weighted by Crippen LogP contribution is -2.36. The SMILES string of the molecule is CCCN(CC(=O)OC)S(=O)(=O)c1ccc(C(C)N)cc1. The Morgan fingerprint density at radius 1 is 1.33 bits per heavy atom. The van der Waals surface area contributed by atoms with Crippen LogP contribution in [0, 0.1) is 0 Å². The number of methoxy groups -OCH3 is 1. The van der Waals surface area contributed by atoms with Crippen LogP contribution in [-0.2, 0) is 19.6 Å². The molecule has 1 rings (SSSR count). The Bertz CT molecular complexity index is 567. The summed E-state index contributed by atoms with van der Waals surface area (Å²) in [5.41, 5.74) is 6.59. The third-order valence-electron chi connectivity index (χ3n) is 3.05. The van der Waals surface area contributed by atoms with Crippen LogP contribution in [0.3, 0.4) is 0 Å². The second-order valence-electron chi connectivity index (χ2n) is 4.77. The average molecular weight is 314 g/mol. The van der Waals surface area contributed by atoms with Gasteiger partial charge in [0.1, 0.15) is 6.54 Å². The third kappa shape index (κ3) is 4.52. The number of carbonyl (C=O) groups excluding carboxylic acids is 1. The van der Waals surface area contributed by atoms with Gasteiger partial charge in [0.25, 0.3) is 0 Å². The van der Waals surface area contributed by atoms with Gasteiger partial charge >= 0.3 is 5.97 Å². The number of carbonyl (C=O) groups is 1. The maximum Gasteiger partial charge on any atom is 0.321 e. The minimum atomic E-state index is -3.72. The van der Waals surface area contributed by atoms with Crippen LogP contribution < -0.4 is 5.73 Å². The van der Waals surface area contributed by atoms with Gasteiger partial charge < -0.3 is 10.5 Å². The average Bonchev–Trinajstić information content (AvgIpc) is 2.46. The number of hydrogen-bond donors (Lipinski definition) is 1. The maximum absolute atomic E-state index is 12.5. The number of ether oxygens (including phenoxy) is 1. The van der Waals surface area contributed by atoms with Crippen LogP contribution in [0.25, 0.3) is 0 Å². The van der Waals surface area contributed by atoms with Gasteiger partial charge in [-0.3, -0.25) is 4.79 Å². The summed E-state index contributed by atoms with van der Waals surface area (Å²) in [7, 11) is -2.49.